The molecule has 0 aromatic heterocycles. The second-order valence-electron chi connectivity index (χ2n) is 3.72. The summed E-state index contributed by atoms with van der Waals surface area (Å²) in [5.41, 5.74) is 0.189. The first-order chi connectivity index (χ1) is 7.41. The first-order valence-corrected chi connectivity index (χ1v) is 4.81. The first-order valence-electron chi connectivity index (χ1n) is 4.81. The Labute approximate surface area is 92.3 Å². The summed E-state index contributed by atoms with van der Waals surface area (Å²) in [7, 11) is 1.57. The predicted octanol–water partition coefficient (Wildman–Crippen LogP) is 2.12. The maximum Gasteiger partial charge on any atom is 0.308 e. The normalized spacial score (nSPS) is 12.2. The van der Waals surface area contributed by atoms with Gasteiger partial charge >= 0.3 is 5.97 Å². The van der Waals surface area contributed by atoms with Crippen LogP contribution < -0.4 is 4.90 Å². The topological polar surface area (TPSA) is 40.5 Å². The molecule has 0 aliphatic heterocycles. The molecule has 0 aliphatic carbocycles. The van der Waals surface area contributed by atoms with Crippen LogP contribution in [0.3, 0.4) is 0 Å². The van der Waals surface area contributed by atoms with E-state index in [2.05, 4.69) is 0 Å². The van der Waals surface area contributed by atoms with Crippen molar-refractivity contribution in [1.82, 2.24) is 0 Å². The fourth-order valence-corrected chi connectivity index (χ4v) is 1.38. The summed E-state index contributed by atoms with van der Waals surface area (Å²) < 4.78 is 26.0. The van der Waals surface area contributed by atoms with Crippen LogP contribution in [-0.4, -0.2) is 24.7 Å². The Hall–Kier alpha value is -1.65. The van der Waals surface area contributed by atoms with E-state index in [9.17, 15) is 13.6 Å². The van der Waals surface area contributed by atoms with Crippen molar-refractivity contribution in [2.75, 3.05) is 18.5 Å². The molecule has 0 bridgehead atoms. The molecule has 1 N–H and O–H groups in total. The number of carbonyl (C=O) groups is 1. The molecule has 0 saturated heterocycles. The Kier molecular flexibility index (Phi) is 3.82. The third-order valence-electron chi connectivity index (χ3n) is 2.29. The van der Waals surface area contributed by atoms with Gasteiger partial charge in [-0.05, 0) is 12.1 Å². The molecular weight excluding hydrogens is 216 g/mol. The highest BCUT2D eigenvalue weighted by molar-refractivity contribution is 5.70. The molecule has 5 heteroatoms. The van der Waals surface area contributed by atoms with Crippen molar-refractivity contribution in [2.24, 2.45) is 5.92 Å². The van der Waals surface area contributed by atoms with E-state index in [1.807, 2.05) is 0 Å². The molecule has 1 aromatic carbocycles. The van der Waals surface area contributed by atoms with Crippen LogP contribution in [0.15, 0.2) is 18.2 Å². The van der Waals surface area contributed by atoms with Crippen LogP contribution in [-0.2, 0) is 4.79 Å². The number of nitrogens with zero attached hydrogens (tertiary/aromatic N) is 1. The number of carboxylic acid groups (broad SMARTS) is 1. The van der Waals surface area contributed by atoms with Gasteiger partial charge in [-0.3, -0.25) is 4.79 Å². The van der Waals surface area contributed by atoms with Gasteiger partial charge in [0.15, 0.2) is 0 Å². The summed E-state index contributed by atoms with van der Waals surface area (Å²) in [5, 5.41) is 8.71. The average Bonchev–Trinajstić information content (AvgIpc) is 2.16. The summed E-state index contributed by atoms with van der Waals surface area (Å²) in [6.07, 6.45) is 0. The largest absolute Gasteiger partial charge is 0.481 e. The van der Waals surface area contributed by atoms with Crippen molar-refractivity contribution in [3.8, 4) is 0 Å². The summed E-state index contributed by atoms with van der Waals surface area (Å²) in [6.45, 7) is 1.69. The highest BCUT2D eigenvalue weighted by Gasteiger charge is 2.16. The van der Waals surface area contributed by atoms with E-state index in [0.29, 0.717) is 0 Å². The van der Waals surface area contributed by atoms with Gasteiger partial charge in [-0.25, -0.2) is 8.78 Å². The Bertz CT molecular complexity index is 396. The van der Waals surface area contributed by atoms with Crippen molar-refractivity contribution in [3.05, 3.63) is 29.8 Å². The molecule has 1 unspecified atom stereocenters. The van der Waals surface area contributed by atoms with Crippen molar-refractivity contribution in [2.45, 2.75) is 6.92 Å². The summed E-state index contributed by atoms with van der Waals surface area (Å²) in [4.78, 5) is 12.1. The monoisotopic (exact) mass is 229 g/mol. The predicted molar refractivity (Wildman–Crippen MR) is 56.4 cm³/mol. The van der Waals surface area contributed by atoms with Gasteiger partial charge in [0, 0.05) is 19.7 Å². The summed E-state index contributed by atoms with van der Waals surface area (Å²) >= 11 is 0. The van der Waals surface area contributed by atoms with E-state index in [1.165, 1.54) is 17.9 Å². The Morgan fingerprint density at radius 1 is 1.50 bits per heavy atom. The van der Waals surface area contributed by atoms with E-state index in [4.69, 9.17) is 5.11 Å². The van der Waals surface area contributed by atoms with Crippen molar-refractivity contribution < 1.29 is 18.7 Å². The quantitative estimate of drug-likeness (QED) is 0.859. The summed E-state index contributed by atoms with van der Waals surface area (Å²) in [5.74, 6) is -2.91. The zero-order valence-electron chi connectivity index (χ0n) is 9.08. The number of benzene rings is 1. The van der Waals surface area contributed by atoms with Crippen LogP contribution in [0.4, 0.5) is 14.5 Å². The van der Waals surface area contributed by atoms with Gasteiger partial charge in [0.25, 0.3) is 0 Å². The molecule has 0 aliphatic rings. The van der Waals surface area contributed by atoms with Gasteiger partial charge in [-0.2, -0.15) is 0 Å². The molecule has 0 radical (unpaired) electrons. The molecule has 1 aromatic rings. The summed E-state index contributed by atoms with van der Waals surface area (Å²) in [6, 6.07) is 3.21. The number of hydrogen-bond acceptors (Lipinski definition) is 2. The van der Waals surface area contributed by atoms with Crippen LogP contribution in [0.1, 0.15) is 6.92 Å². The highest BCUT2D eigenvalue weighted by Crippen LogP contribution is 2.19. The highest BCUT2D eigenvalue weighted by atomic mass is 19.1. The number of halogens is 2. The van der Waals surface area contributed by atoms with E-state index < -0.39 is 23.5 Å². The first kappa shape index (κ1) is 12.4. The molecule has 0 amide bonds. The van der Waals surface area contributed by atoms with E-state index in [0.717, 1.165) is 12.1 Å². The number of hydrogen-bond donors (Lipinski definition) is 1. The van der Waals surface area contributed by atoms with Crippen LogP contribution >= 0.6 is 0 Å². The Morgan fingerprint density at radius 2 is 2.12 bits per heavy atom. The van der Waals surface area contributed by atoms with Crippen LogP contribution in [0, 0.1) is 17.6 Å². The lowest BCUT2D eigenvalue weighted by Gasteiger charge is -2.21. The second-order valence-corrected chi connectivity index (χ2v) is 3.72. The molecular formula is C11H13F2NO2. The molecule has 0 saturated carbocycles. The second kappa shape index (κ2) is 4.92. The Balaban J connectivity index is 2.80. The molecule has 0 heterocycles. The third-order valence-corrected chi connectivity index (χ3v) is 2.29. The molecule has 0 spiro atoms. The van der Waals surface area contributed by atoms with Crippen LogP contribution in [0.2, 0.25) is 0 Å². The number of anilines is 1. The minimum atomic E-state index is -0.950. The molecule has 16 heavy (non-hydrogen) atoms. The maximum atomic E-state index is 13.3. The number of rotatable bonds is 4. The minimum absolute atomic E-state index is 0.165. The van der Waals surface area contributed by atoms with Gasteiger partial charge in [-0.15, -0.1) is 0 Å². The molecule has 0 fully saturated rings. The Morgan fingerprint density at radius 3 is 2.62 bits per heavy atom. The molecule has 88 valence electrons. The smallest absolute Gasteiger partial charge is 0.308 e. The average molecular weight is 229 g/mol. The van der Waals surface area contributed by atoms with Gasteiger partial charge in [0.2, 0.25) is 0 Å². The van der Waals surface area contributed by atoms with E-state index in [1.54, 1.807) is 7.05 Å². The fourth-order valence-electron chi connectivity index (χ4n) is 1.38. The van der Waals surface area contributed by atoms with Gasteiger partial charge < -0.3 is 10.0 Å². The molecule has 1 rings (SSSR count). The van der Waals surface area contributed by atoms with Crippen LogP contribution in [0.25, 0.3) is 0 Å². The fraction of sp³-hybridized carbons (Fsp3) is 0.364. The van der Waals surface area contributed by atoms with Gasteiger partial charge in [0.05, 0.1) is 11.6 Å². The van der Waals surface area contributed by atoms with Crippen molar-refractivity contribution in [1.29, 1.82) is 0 Å². The van der Waals surface area contributed by atoms with Gasteiger partial charge in [-0.1, -0.05) is 6.92 Å². The zero-order chi connectivity index (χ0) is 12.3. The standard InChI is InChI=1S/C11H13F2NO2/c1-7(11(15)16)6-14(2)10-4-3-8(12)5-9(10)13/h3-5,7H,6H2,1-2H3,(H,15,16). The molecule has 3 nitrogen and oxygen atoms in total. The minimum Gasteiger partial charge on any atom is -0.481 e. The van der Waals surface area contributed by atoms with Crippen molar-refractivity contribution >= 4 is 11.7 Å². The third kappa shape index (κ3) is 2.92. The number of carboxylic acids is 1. The van der Waals surface area contributed by atoms with E-state index >= 15 is 0 Å². The van der Waals surface area contributed by atoms with Crippen molar-refractivity contribution in [3.63, 3.8) is 0 Å². The lowest BCUT2D eigenvalue weighted by atomic mass is 10.1. The zero-order valence-corrected chi connectivity index (χ0v) is 9.08. The van der Waals surface area contributed by atoms with E-state index in [-0.39, 0.29) is 12.2 Å². The lowest BCUT2D eigenvalue weighted by Crippen LogP contribution is -2.29. The lowest BCUT2D eigenvalue weighted by molar-refractivity contribution is -0.140. The molecule has 1 atom stereocenters. The SMILES string of the molecule is CC(CN(C)c1ccc(F)cc1F)C(=O)O. The van der Waals surface area contributed by atoms with Gasteiger partial charge in [0.1, 0.15) is 11.6 Å². The van der Waals surface area contributed by atoms with Crippen LogP contribution in [0.5, 0.6) is 0 Å². The maximum absolute atomic E-state index is 13.3. The number of aliphatic carboxylic acids is 1.